The van der Waals surface area contributed by atoms with E-state index in [4.69, 9.17) is 5.11 Å². The molecule has 0 aliphatic heterocycles. The van der Waals surface area contributed by atoms with Crippen LogP contribution >= 0.6 is 0 Å². The third-order valence-electron chi connectivity index (χ3n) is 2.48. The van der Waals surface area contributed by atoms with Crippen molar-refractivity contribution in [3.05, 3.63) is 24.0 Å². The van der Waals surface area contributed by atoms with Crippen molar-refractivity contribution < 1.29 is 14.7 Å². The lowest BCUT2D eigenvalue weighted by Gasteiger charge is -2.16. The minimum atomic E-state index is -1.04. The molecule has 0 aliphatic carbocycles. The van der Waals surface area contributed by atoms with Crippen LogP contribution in [-0.2, 0) is 4.79 Å². The molecular weight excluding hydrogens is 246 g/mol. The first-order valence-electron chi connectivity index (χ1n) is 6.11. The maximum absolute atomic E-state index is 11.7. The third kappa shape index (κ3) is 5.37. The van der Waals surface area contributed by atoms with E-state index in [-0.39, 0.29) is 5.92 Å². The largest absolute Gasteiger partial charge is 0.480 e. The number of nitrogens with one attached hydrogen (secondary N) is 2. The van der Waals surface area contributed by atoms with Crippen LogP contribution in [0, 0.1) is 12.8 Å². The van der Waals surface area contributed by atoms with E-state index in [9.17, 15) is 9.59 Å². The van der Waals surface area contributed by atoms with Crippen molar-refractivity contribution in [3.63, 3.8) is 0 Å². The molecule has 1 aromatic heterocycles. The number of hydrogen-bond acceptors (Lipinski definition) is 3. The van der Waals surface area contributed by atoms with Gasteiger partial charge in [-0.2, -0.15) is 0 Å². The lowest BCUT2D eigenvalue weighted by Crippen LogP contribution is -2.43. The second kappa shape index (κ2) is 6.72. The molecular formula is C13H19N3O3. The summed E-state index contributed by atoms with van der Waals surface area (Å²) in [7, 11) is 0. The van der Waals surface area contributed by atoms with Crippen molar-refractivity contribution in [1.82, 2.24) is 10.3 Å². The summed E-state index contributed by atoms with van der Waals surface area (Å²) < 4.78 is 0. The number of anilines is 1. The fraction of sp³-hybridized carbons (Fsp3) is 0.462. The van der Waals surface area contributed by atoms with Gasteiger partial charge in [0.05, 0.1) is 11.9 Å². The van der Waals surface area contributed by atoms with Gasteiger partial charge in [0.25, 0.3) is 0 Å². The Morgan fingerprint density at radius 3 is 2.53 bits per heavy atom. The van der Waals surface area contributed by atoms with E-state index in [2.05, 4.69) is 15.6 Å². The van der Waals surface area contributed by atoms with E-state index in [1.807, 2.05) is 20.8 Å². The van der Waals surface area contributed by atoms with Crippen molar-refractivity contribution >= 4 is 17.7 Å². The van der Waals surface area contributed by atoms with Gasteiger partial charge in [0.2, 0.25) is 0 Å². The molecule has 1 aromatic rings. The fourth-order valence-electron chi connectivity index (χ4n) is 1.56. The van der Waals surface area contributed by atoms with Gasteiger partial charge in [-0.1, -0.05) is 13.8 Å². The first-order chi connectivity index (χ1) is 8.88. The monoisotopic (exact) mass is 265 g/mol. The Morgan fingerprint density at radius 1 is 1.37 bits per heavy atom. The van der Waals surface area contributed by atoms with Crippen LogP contribution in [-0.4, -0.2) is 28.1 Å². The van der Waals surface area contributed by atoms with Crippen LogP contribution in [0.15, 0.2) is 18.3 Å². The van der Waals surface area contributed by atoms with Gasteiger partial charge in [0.1, 0.15) is 6.04 Å². The van der Waals surface area contributed by atoms with Crippen molar-refractivity contribution in [2.75, 3.05) is 5.32 Å². The zero-order valence-corrected chi connectivity index (χ0v) is 11.3. The highest BCUT2D eigenvalue weighted by Gasteiger charge is 2.20. The Balaban J connectivity index is 2.57. The van der Waals surface area contributed by atoms with Gasteiger partial charge in [-0.05, 0) is 31.4 Å². The maximum Gasteiger partial charge on any atom is 0.326 e. The molecule has 6 nitrogen and oxygen atoms in total. The van der Waals surface area contributed by atoms with Crippen molar-refractivity contribution in [2.24, 2.45) is 5.92 Å². The minimum absolute atomic E-state index is 0.183. The van der Waals surface area contributed by atoms with Gasteiger partial charge >= 0.3 is 12.0 Å². The predicted octanol–water partition coefficient (Wildman–Crippen LogP) is 2.01. The van der Waals surface area contributed by atoms with E-state index in [0.29, 0.717) is 12.1 Å². The lowest BCUT2D eigenvalue weighted by molar-refractivity contribution is -0.139. The molecule has 0 aromatic carbocycles. The van der Waals surface area contributed by atoms with Crippen molar-refractivity contribution in [3.8, 4) is 0 Å². The van der Waals surface area contributed by atoms with E-state index < -0.39 is 18.0 Å². The third-order valence-corrected chi connectivity index (χ3v) is 2.48. The molecule has 19 heavy (non-hydrogen) atoms. The number of hydrogen-bond donors (Lipinski definition) is 3. The molecule has 2 amide bonds. The number of carboxylic acid groups (broad SMARTS) is 1. The molecule has 0 bridgehead atoms. The van der Waals surface area contributed by atoms with E-state index in [0.717, 1.165) is 5.69 Å². The van der Waals surface area contributed by atoms with E-state index >= 15 is 0 Å². The number of rotatable bonds is 5. The lowest BCUT2D eigenvalue weighted by atomic mass is 10.0. The first kappa shape index (κ1) is 14.9. The molecule has 0 spiro atoms. The Labute approximate surface area is 112 Å². The fourth-order valence-corrected chi connectivity index (χ4v) is 1.56. The number of carboxylic acids is 1. The average Bonchev–Trinajstić information content (AvgIpc) is 2.30. The highest BCUT2D eigenvalue weighted by Crippen LogP contribution is 2.07. The summed E-state index contributed by atoms with van der Waals surface area (Å²) >= 11 is 0. The van der Waals surface area contributed by atoms with Gasteiger partial charge in [-0.15, -0.1) is 0 Å². The van der Waals surface area contributed by atoms with E-state index in [1.54, 1.807) is 12.1 Å². The summed E-state index contributed by atoms with van der Waals surface area (Å²) in [5.74, 6) is -0.853. The van der Waals surface area contributed by atoms with Gasteiger partial charge in [-0.3, -0.25) is 4.98 Å². The molecule has 0 aliphatic rings. The quantitative estimate of drug-likeness (QED) is 0.759. The SMILES string of the molecule is Cc1ccc(NC(=O)NC(CC(C)C)C(=O)O)cn1. The van der Waals surface area contributed by atoms with Gasteiger partial charge in [0, 0.05) is 5.69 Å². The Hall–Kier alpha value is -2.11. The number of aryl methyl sites for hydroxylation is 1. The zero-order chi connectivity index (χ0) is 14.4. The van der Waals surface area contributed by atoms with Crippen LogP contribution in [0.2, 0.25) is 0 Å². The molecule has 0 saturated carbocycles. The molecule has 1 heterocycles. The summed E-state index contributed by atoms with van der Waals surface area (Å²) in [5, 5.41) is 14.0. The number of aromatic nitrogens is 1. The summed E-state index contributed by atoms with van der Waals surface area (Å²) in [6.07, 6.45) is 1.90. The van der Waals surface area contributed by atoms with Gasteiger partial charge < -0.3 is 15.7 Å². The summed E-state index contributed by atoms with van der Waals surface area (Å²) in [6, 6.07) is 2.04. The smallest absolute Gasteiger partial charge is 0.326 e. The first-order valence-corrected chi connectivity index (χ1v) is 6.11. The number of amides is 2. The molecule has 6 heteroatoms. The summed E-state index contributed by atoms with van der Waals surface area (Å²) in [5.41, 5.74) is 1.37. The predicted molar refractivity (Wildman–Crippen MR) is 72.0 cm³/mol. The summed E-state index contributed by atoms with van der Waals surface area (Å²) in [4.78, 5) is 26.7. The number of carbonyl (C=O) groups is 2. The highest BCUT2D eigenvalue weighted by atomic mass is 16.4. The zero-order valence-electron chi connectivity index (χ0n) is 11.3. The van der Waals surface area contributed by atoms with Crippen molar-refractivity contribution in [1.29, 1.82) is 0 Å². The molecule has 0 saturated heterocycles. The number of pyridine rings is 1. The molecule has 3 N–H and O–H groups in total. The standard InChI is InChI=1S/C13H19N3O3/c1-8(2)6-11(12(17)18)16-13(19)15-10-5-4-9(3)14-7-10/h4-5,7-8,11H,6H2,1-3H3,(H,17,18)(H2,15,16,19). The van der Waals surface area contributed by atoms with Crippen LogP contribution in [0.3, 0.4) is 0 Å². The van der Waals surface area contributed by atoms with Crippen LogP contribution in [0.5, 0.6) is 0 Å². The number of aliphatic carboxylic acids is 1. The van der Waals surface area contributed by atoms with Crippen LogP contribution in [0.4, 0.5) is 10.5 Å². The molecule has 0 radical (unpaired) electrons. The maximum atomic E-state index is 11.7. The summed E-state index contributed by atoms with van der Waals surface area (Å²) in [6.45, 7) is 5.64. The number of nitrogens with zero attached hydrogens (tertiary/aromatic N) is 1. The Morgan fingerprint density at radius 2 is 2.05 bits per heavy atom. The van der Waals surface area contributed by atoms with E-state index in [1.165, 1.54) is 6.20 Å². The second-order valence-electron chi connectivity index (χ2n) is 4.81. The van der Waals surface area contributed by atoms with Gasteiger partial charge in [-0.25, -0.2) is 9.59 Å². The number of urea groups is 1. The molecule has 1 unspecified atom stereocenters. The Bertz CT molecular complexity index is 443. The van der Waals surface area contributed by atoms with Crippen LogP contribution in [0.1, 0.15) is 26.0 Å². The number of carbonyl (C=O) groups excluding carboxylic acids is 1. The normalized spacial score (nSPS) is 12.0. The second-order valence-corrected chi connectivity index (χ2v) is 4.81. The average molecular weight is 265 g/mol. The molecule has 1 rings (SSSR count). The molecule has 104 valence electrons. The van der Waals surface area contributed by atoms with Crippen LogP contribution in [0.25, 0.3) is 0 Å². The van der Waals surface area contributed by atoms with Crippen molar-refractivity contribution in [2.45, 2.75) is 33.2 Å². The molecule has 1 atom stereocenters. The highest BCUT2D eigenvalue weighted by molar-refractivity contribution is 5.92. The van der Waals surface area contributed by atoms with Crippen LogP contribution < -0.4 is 10.6 Å². The minimum Gasteiger partial charge on any atom is -0.480 e. The van der Waals surface area contributed by atoms with Gasteiger partial charge in [0.15, 0.2) is 0 Å². The Kier molecular flexibility index (Phi) is 5.29. The molecule has 0 fully saturated rings. The topological polar surface area (TPSA) is 91.3 Å².